The van der Waals surface area contributed by atoms with Gasteiger partial charge in [-0.15, -0.1) is 0 Å². The predicted octanol–water partition coefficient (Wildman–Crippen LogP) is 3.18. The Kier molecular flexibility index (Phi) is 3.75. The van der Waals surface area contributed by atoms with Crippen LogP contribution in [0, 0.1) is 0 Å². The molecule has 0 amide bonds. The van der Waals surface area contributed by atoms with Crippen molar-refractivity contribution < 1.29 is 4.79 Å². The van der Waals surface area contributed by atoms with Gasteiger partial charge in [-0.25, -0.2) is 0 Å². The van der Waals surface area contributed by atoms with E-state index < -0.39 is 5.25 Å². The first-order valence-corrected chi connectivity index (χ1v) is 5.06. The second kappa shape index (κ2) is 4.63. The van der Waals surface area contributed by atoms with Gasteiger partial charge in [0.1, 0.15) is 0 Å². The van der Waals surface area contributed by atoms with Crippen LogP contribution in [0.1, 0.15) is 10.8 Å². The van der Waals surface area contributed by atoms with Crippen molar-refractivity contribution in [1.82, 2.24) is 0 Å². The second-order valence-corrected chi connectivity index (χ2v) is 4.00. The Labute approximate surface area is 91.4 Å². The molecule has 1 unspecified atom stereocenters. The lowest BCUT2D eigenvalue weighted by Crippen LogP contribution is -2.02. The fourth-order valence-electron chi connectivity index (χ4n) is 0.953. The van der Waals surface area contributed by atoms with Gasteiger partial charge in [-0.3, -0.25) is 4.79 Å². The van der Waals surface area contributed by atoms with Gasteiger partial charge in [0.05, 0.1) is 5.25 Å². The van der Waals surface area contributed by atoms with Crippen LogP contribution >= 0.6 is 28.6 Å². The van der Waals surface area contributed by atoms with Crippen molar-refractivity contribution in [3.05, 3.63) is 47.0 Å². The predicted molar refractivity (Wildman–Crippen MR) is 61.1 cm³/mol. The third kappa shape index (κ3) is 2.71. The molecule has 0 spiro atoms. The molecule has 0 aliphatic rings. The van der Waals surface area contributed by atoms with Crippen LogP contribution in [0.25, 0.3) is 0 Å². The van der Waals surface area contributed by atoms with Gasteiger partial charge in [-0.1, -0.05) is 34.6 Å². The molecule has 1 atom stereocenters. The summed E-state index contributed by atoms with van der Waals surface area (Å²) in [6, 6.07) is 7.52. The highest BCUT2D eigenvalue weighted by molar-refractivity contribution is 9.10. The Morgan fingerprint density at radius 1 is 1.62 bits per heavy atom. The monoisotopic (exact) mass is 256 g/mol. The smallest absolute Gasteiger partial charge is 0.172 e. The van der Waals surface area contributed by atoms with Crippen LogP contribution < -0.4 is 0 Å². The van der Waals surface area contributed by atoms with Crippen molar-refractivity contribution in [3.8, 4) is 0 Å². The summed E-state index contributed by atoms with van der Waals surface area (Å²) in [5.74, 6) is -0.0820. The number of thiol groups is 1. The van der Waals surface area contributed by atoms with Gasteiger partial charge in [-0.2, -0.15) is 12.6 Å². The largest absolute Gasteiger partial charge is 0.293 e. The van der Waals surface area contributed by atoms with E-state index in [0.717, 1.165) is 10.0 Å². The number of hydrogen-bond donors (Lipinski definition) is 1. The van der Waals surface area contributed by atoms with E-state index in [4.69, 9.17) is 0 Å². The van der Waals surface area contributed by atoms with E-state index in [1.165, 1.54) is 6.08 Å². The molecule has 13 heavy (non-hydrogen) atoms. The Balaban J connectivity index is 2.94. The Hall–Kier alpha value is -0.540. The maximum atomic E-state index is 11.2. The van der Waals surface area contributed by atoms with Crippen LogP contribution in [-0.2, 0) is 4.79 Å². The summed E-state index contributed by atoms with van der Waals surface area (Å²) >= 11 is 7.53. The van der Waals surface area contributed by atoms with E-state index in [9.17, 15) is 4.79 Å². The third-order valence-corrected chi connectivity index (χ3v) is 2.68. The summed E-state index contributed by atoms with van der Waals surface area (Å²) in [6.07, 6.45) is 1.29. The van der Waals surface area contributed by atoms with Gasteiger partial charge >= 0.3 is 0 Å². The van der Waals surface area contributed by atoms with E-state index in [-0.39, 0.29) is 5.78 Å². The van der Waals surface area contributed by atoms with Crippen molar-refractivity contribution in [2.45, 2.75) is 5.25 Å². The molecule has 0 saturated carbocycles. The van der Waals surface area contributed by atoms with Crippen LogP contribution in [0.4, 0.5) is 0 Å². The van der Waals surface area contributed by atoms with Gasteiger partial charge < -0.3 is 0 Å². The number of allylic oxidation sites excluding steroid dienone is 1. The Morgan fingerprint density at radius 3 is 2.85 bits per heavy atom. The third-order valence-electron chi connectivity index (χ3n) is 1.64. The molecule has 0 aromatic heterocycles. The molecule has 0 bridgehead atoms. The topological polar surface area (TPSA) is 17.1 Å². The van der Waals surface area contributed by atoms with Gasteiger partial charge in [0.15, 0.2) is 5.78 Å². The quantitative estimate of drug-likeness (QED) is 0.650. The highest BCUT2D eigenvalue weighted by atomic mass is 79.9. The van der Waals surface area contributed by atoms with E-state index in [1.807, 2.05) is 24.3 Å². The zero-order valence-electron chi connectivity index (χ0n) is 6.90. The van der Waals surface area contributed by atoms with E-state index >= 15 is 0 Å². The fourth-order valence-corrected chi connectivity index (χ4v) is 1.64. The molecule has 0 radical (unpaired) electrons. The zero-order valence-corrected chi connectivity index (χ0v) is 9.39. The molecule has 1 aromatic carbocycles. The molecular formula is C10H9BrOS. The van der Waals surface area contributed by atoms with Gasteiger partial charge in [-0.05, 0) is 23.8 Å². The molecule has 0 aliphatic heterocycles. The minimum absolute atomic E-state index is 0.0820. The average Bonchev–Trinajstić information content (AvgIpc) is 2.15. The molecule has 0 aliphatic carbocycles. The molecule has 0 heterocycles. The summed E-state index contributed by atoms with van der Waals surface area (Å²) in [7, 11) is 0. The highest BCUT2D eigenvalue weighted by Crippen LogP contribution is 2.23. The first-order valence-electron chi connectivity index (χ1n) is 3.75. The van der Waals surface area contributed by atoms with Crippen LogP contribution in [-0.4, -0.2) is 5.78 Å². The maximum absolute atomic E-state index is 11.2. The summed E-state index contributed by atoms with van der Waals surface area (Å²) in [5, 5.41) is -0.407. The number of rotatable bonds is 3. The van der Waals surface area contributed by atoms with Crippen molar-refractivity contribution in [1.29, 1.82) is 0 Å². The molecular weight excluding hydrogens is 248 g/mol. The molecule has 1 aromatic rings. The lowest BCUT2D eigenvalue weighted by Gasteiger charge is -2.06. The normalized spacial score (nSPS) is 12.2. The minimum Gasteiger partial charge on any atom is -0.293 e. The van der Waals surface area contributed by atoms with E-state index in [2.05, 4.69) is 35.1 Å². The van der Waals surface area contributed by atoms with Gasteiger partial charge in [0, 0.05) is 4.47 Å². The first kappa shape index (κ1) is 10.5. The Morgan fingerprint density at radius 2 is 2.31 bits per heavy atom. The van der Waals surface area contributed by atoms with Crippen molar-refractivity contribution in [3.63, 3.8) is 0 Å². The van der Waals surface area contributed by atoms with Crippen molar-refractivity contribution in [2.75, 3.05) is 0 Å². The van der Waals surface area contributed by atoms with Crippen molar-refractivity contribution in [2.24, 2.45) is 0 Å². The van der Waals surface area contributed by atoms with E-state index in [1.54, 1.807) is 0 Å². The number of halogens is 1. The summed E-state index contributed by atoms with van der Waals surface area (Å²) in [6.45, 7) is 3.42. The SMILES string of the molecule is C=CC(=O)C(S)c1cccc(Br)c1. The lowest BCUT2D eigenvalue weighted by molar-refractivity contribution is -0.114. The maximum Gasteiger partial charge on any atom is 0.172 e. The summed E-state index contributed by atoms with van der Waals surface area (Å²) in [4.78, 5) is 11.2. The number of hydrogen-bond acceptors (Lipinski definition) is 2. The van der Waals surface area contributed by atoms with Crippen LogP contribution in [0.3, 0.4) is 0 Å². The molecule has 0 N–H and O–H groups in total. The first-order chi connectivity index (χ1) is 6.15. The molecule has 1 rings (SSSR count). The second-order valence-electron chi connectivity index (χ2n) is 2.56. The molecule has 1 nitrogen and oxygen atoms in total. The van der Waals surface area contributed by atoms with Crippen LogP contribution in [0.15, 0.2) is 41.4 Å². The molecule has 68 valence electrons. The summed E-state index contributed by atoms with van der Waals surface area (Å²) in [5.41, 5.74) is 0.877. The average molecular weight is 257 g/mol. The minimum atomic E-state index is -0.407. The van der Waals surface area contributed by atoms with Crippen LogP contribution in [0.2, 0.25) is 0 Å². The molecule has 0 fully saturated rings. The van der Waals surface area contributed by atoms with Crippen molar-refractivity contribution >= 4 is 34.3 Å². The number of benzene rings is 1. The van der Waals surface area contributed by atoms with Gasteiger partial charge in [0.2, 0.25) is 0 Å². The van der Waals surface area contributed by atoms with Gasteiger partial charge in [0.25, 0.3) is 0 Å². The van der Waals surface area contributed by atoms with E-state index in [0.29, 0.717) is 0 Å². The standard InChI is InChI=1S/C10H9BrOS/c1-2-9(12)10(13)7-4-3-5-8(11)6-7/h2-6,10,13H,1H2. The zero-order chi connectivity index (χ0) is 9.84. The molecule has 0 saturated heterocycles. The summed E-state index contributed by atoms with van der Waals surface area (Å²) < 4.78 is 0.945. The number of carbonyl (C=O) groups excluding carboxylic acids is 1. The Bertz CT molecular complexity index is 335. The highest BCUT2D eigenvalue weighted by Gasteiger charge is 2.12. The fraction of sp³-hybridized carbons (Fsp3) is 0.100. The number of carbonyl (C=O) groups is 1. The molecule has 3 heteroatoms. The number of ketones is 1. The van der Waals surface area contributed by atoms with Crippen LogP contribution in [0.5, 0.6) is 0 Å². The lowest BCUT2D eigenvalue weighted by atomic mass is 10.1.